The fourth-order valence-electron chi connectivity index (χ4n) is 4.75. The fraction of sp³-hybridized carbons (Fsp3) is 0.333. The lowest BCUT2D eigenvalue weighted by Gasteiger charge is -2.16. The van der Waals surface area contributed by atoms with Gasteiger partial charge in [0.05, 0.1) is 6.61 Å². The normalized spacial score (nSPS) is 12.0. The van der Waals surface area contributed by atoms with Gasteiger partial charge in [-0.15, -0.1) is 0 Å². The van der Waals surface area contributed by atoms with Crippen molar-refractivity contribution in [3.63, 3.8) is 0 Å². The molecule has 0 radical (unpaired) electrons. The first-order chi connectivity index (χ1) is 18.4. The van der Waals surface area contributed by atoms with Crippen LogP contribution in [0.2, 0.25) is 0 Å². The highest BCUT2D eigenvalue weighted by Crippen LogP contribution is 2.27. The molecule has 198 valence electrons. The van der Waals surface area contributed by atoms with Crippen LogP contribution in [0.25, 0.3) is 10.9 Å². The number of esters is 1. The highest BCUT2D eigenvalue weighted by Gasteiger charge is 2.17. The molecule has 0 aliphatic rings. The van der Waals surface area contributed by atoms with Crippen molar-refractivity contribution >= 4 is 22.7 Å². The minimum Gasteiger partial charge on any atom is -0.486 e. The summed E-state index contributed by atoms with van der Waals surface area (Å²) in [4.78, 5) is 25.2. The molecule has 5 nitrogen and oxygen atoms in total. The number of aromatic nitrogens is 1. The first-order valence-corrected chi connectivity index (χ1v) is 13.5. The van der Waals surface area contributed by atoms with Gasteiger partial charge in [-0.2, -0.15) is 0 Å². The van der Waals surface area contributed by atoms with Gasteiger partial charge in [0.1, 0.15) is 11.9 Å². The summed E-state index contributed by atoms with van der Waals surface area (Å²) in [5, 5.41) is 0.906. The first kappa shape index (κ1) is 27.2. The number of nitrogens with zero attached hydrogens (tertiary/aromatic N) is 1. The van der Waals surface area contributed by atoms with Crippen molar-refractivity contribution in [3.8, 4) is 5.75 Å². The minimum absolute atomic E-state index is 0.0364. The smallest absolute Gasteiger partial charge is 0.305 e. The first-order valence-electron chi connectivity index (χ1n) is 13.5. The summed E-state index contributed by atoms with van der Waals surface area (Å²) in [5.74, 6) is 1.12. The summed E-state index contributed by atoms with van der Waals surface area (Å²) in [7, 11) is 0. The van der Waals surface area contributed by atoms with Gasteiger partial charge >= 0.3 is 5.97 Å². The molecular formula is C33H37NO4. The predicted molar refractivity (Wildman–Crippen MR) is 152 cm³/mol. The number of fused-ring (bicyclic) bond motifs is 1. The van der Waals surface area contributed by atoms with Gasteiger partial charge in [0.15, 0.2) is 5.78 Å². The maximum absolute atomic E-state index is 13.5. The molecule has 0 N–H and O–H groups in total. The molecule has 0 saturated carbocycles. The van der Waals surface area contributed by atoms with Crippen molar-refractivity contribution in [2.45, 2.75) is 59.6 Å². The van der Waals surface area contributed by atoms with Gasteiger partial charge in [-0.05, 0) is 74.1 Å². The lowest BCUT2D eigenvalue weighted by Crippen LogP contribution is -2.06. The molecule has 4 aromatic rings. The van der Waals surface area contributed by atoms with Gasteiger partial charge in [-0.3, -0.25) is 9.59 Å². The second-order valence-electron chi connectivity index (χ2n) is 10.1. The van der Waals surface area contributed by atoms with Gasteiger partial charge in [-0.1, -0.05) is 56.3 Å². The van der Waals surface area contributed by atoms with Crippen molar-refractivity contribution in [2.24, 2.45) is 5.92 Å². The number of ketones is 1. The monoisotopic (exact) mass is 511 g/mol. The van der Waals surface area contributed by atoms with E-state index in [1.54, 1.807) is 6.92 Å². The molecule has 1 heterocycles. The summed E-state index contributed by atoms with van der Waals surface area (Å²) < 4.78 is 13.2. The number of carbonyl (C=O) groups is 2. The minimum atomic E-state index is -0.194. The Morgan fingerprint density at radius 1 is 0.895 bits per heavy atom. The molecule has 5 heteroatoms. The largest absolute Gasteiger partial charge is 0.486 e. The van der Waals surface area contributed by atoms with E-state index >= 15 is 0 Å². The quantitative estimate of drug-likeness (QED) is 0.145. The van der Waals surface area contributed by atoms with Gasteiger partial charge in [-0.25, -0.2) is 0 Å². The molecule has 1 unspecified atom stereocenters. The van der Waals surface area contributed by atoms with Crippen LogP contribution >= 0.6 is 0 Å². The molecule has 0 saturated heterocycles. The topological polar surface area (TPSA) is 57.5 Å². The molecular weight excluding hydrogens is 474 g/mol. The van der Waals surface area contributed by atoms with Crippen molar-refractivity contribution in [2.75, 3.05) is 6.61 Å². The lowest BCUT2D eigenvalue weighted by molar-refractivity contribution is -0.143. The fourth-order valence-corrected chi connectivity index (χ4v) is 4.75. The summed E-state index contributed by atoms with van der Waals surface area (Å²) in [6, 6.07) is 23.8. The Morgan fingerprint density at radius 3 is 2.29 bits per heavy atom. The Hall–Kier alpha value is -3.86. The average Bonchev–Trinajstić information content (AvgIpc) is 3.27. The van der Waals surface area contributed by atoms with Crippen LogP contribution in [0.4, 0.5) is 0 Å². The Kier molecular flexibility index (Phi) is 9.01. The number of rotatable bonds is 12. The number of hydrogen-bond acceptors (Lipinski definition) is 4. The zero-order valence-corrected chi connectivity index (χ0v) is 22.8. The van der Waals surface area contributed by atoms with Crippen LogP contribution in [0.1, 0.15) is 73.7 Å². The van der Waals surface area contributed by atoms with Crippen LogP contribution in [0, 0.1) is 5.92 Å². The molecule has 0 aliphatic carbocycles. The number of hydrogen-bond donors (Lipinski definition) is 0. The summed E-state index contributed by atoms with van der Waals surface area (Å²) in [6.45, 7) is 9.31. The van der Waals surface area contributed by atoms with Crippen molar-refractivity contribution in [1.82, 2.24) is 4.57 Å². The number of benzene rings is 3. The third-order valence-corrected chi connectivity index (χ3v) is 6.64. The highest BCUT2D eigenvalue weighted by atomic mass is 16.5. The molecule has 4 rings (SSSR count). The SMILES string of the molecule is CCOC(=O)CCCn1cc(C(=O)c2ccc(OC(C)c3ccc(CC(C)C)cc3)cc2)c2ccccc21. The Bertz CT molecular complexity index is 1370. The zero-order chi connectivity index (χ0) is 27.1. The molecule has 0 aliphatic heterocycles. The van der Waals surface area contributed by atoms with E-state index < -0.39 is 0 Å². The van der Waals surface area contributed by atoms with Crippen LogP contribution in [0.5, 0.6) is 5.75 Å². The van der Waals surface area contributed by atoms with Crippen molar-refractivity contribution in [3.05, 3.63) is 101 Å². The second kappa shape index (κ2) is 12.6. The summed E-state index contributed by atoms with van der Waals surface area (Å²) in [5.41, 5.74) is 4.69. The van der Waals surface area contributed by atoms with Crippen LogP contribution in [0.15, 0.2) is 79.0 Å². The van der Waals surface area contributed by atoms with Gasteiger partial charge in [0.25, 0.3) is 0 Å². The molecule has 0 amide bonds. The van der Waals surface area contributed by atoms with E-state index in [0.717, 1.165) is 28.6 Å². The van der Waals surface area contributed by atoms with Gasteiger partial charge in [0.2, 0.25) is 0 Å². The molecule has 38 heavy (non-hydrogen) atoms. The summed E-state index contributed by atoms with van der Waals surface area (Å²) >= 11 is 0. The van der Waals surface area contributed by atoms with E-state index in [0.29, 0.717) is 43.0 Å². The van der Waals surface area contributed by atoms with Crippen LogP contribution in [0.3, 0.4) is 0 Å². The maximum Gasteiger partial charge on any atom is 0.305 e. The molecule has 3 aromatic carbocycles. The van der Waals surface area contributed by atoms with E-state index in [1.807, 2.05) is 66.2 Å². The standard InChI is InChI=1S/C33H37NO4/c1-5-37-32(35)11-8-20-34-22-30(29-9-6-7-10-31(29)34)33(36)27-16-18-28(19-17-27)38-24(4)26-14-12-25(13-15-26)21-23(2)3/h6-7,9-10,12-19,22-24H,5,8,11,20-21H2,1-4H3. The number of aryl methyl sites for hydroxylation is 1. The van der Waals surface area contributed by atoms with Gasteiger partial charge in [0, 0.05) is 41.2 Å². The second-order valence-corrected chi connectivity index (χ2v) is 10.1. The molecule has 1 atom stereocenters. The third kappa shape index (κ3) is 6.71. The maximum atomic E-state index is 13.5. The number of para-hydroxylation sites is 1. The lowest BCUT2D eigenvalue weighted by atomic mass is 10.0. The van der Waals surface area contributed by atoms with E-state index in [4.69, 9.17) is 9.47 Å². The van der Waals surface area contributed by atoms with E-state index in [-0.39, 0.29) is 17.9 Å². The summed E-state index contributed by atoms with van der Waals surface area (Å²) in [6.07, 6.45) is 3.86. The Morgan fingerprint density at radius 2 is 1.61 bits per heavy atom. The molecule has 1 aromatic heterocycles. The van der Waals surface area contributed by atoms with Gasteiger partial charge < -0.3 is 14.0 Å². The number of carbonyl (C=O) groups excluding carboxylic acids is 2. The highest BCUT2D eigenvalue weighted by molar-refractivity contribution is 6.16. The van der Waals surface area contributed by atoms with Crippen LogP contribution < -0.4 is 4.74 Å². The molecule has 0 bridgehead atoms. The third-order valence-electron chi connectivity index (χ3n) is 6.64. The molecule has 0 spiro atoms. The van der Waals surface area contributed by atoms with E-state index in [9.17, 15) is 9.59 Å². The Balaban J connectivity index is 1.44. The van der Waals surface area contributed by atoms with E-state index in [2.05, 4.69) is 38.1 Å². The predicted octanol–water partition coefficient (Wildman–Crippen LogP) is 7.55. The van der Waals surface area contributed by atoms with Crippen LogP contribution in [-0.2, 0) is 22.5 Å². The Labute approximate surface area is 225 Å². The van der Waals surface area contributed by atoms with Crippen molar-refractivity contribution < 1.29 is 19.1 Å². The number of ether oxygens (including phenoxy) is 2. The van der Waals surface area contributed by atoms with Crippen molar-refractivity contribution in [1.29, 1.82) is 0 Å². The zero-order valence-electron chi connectivity index (χ0n) is 22.8. The van der Waals surface area contributed by atoms with Crippen LogP contribution in [-0.4, -0.2) is 22.9 Å². The van der Waals surface area contributed by atoms with E-state index in [1.165, 1.54) is 5.56 Å². The molecule has 0 fully saturated rings. The average molecular weight is 512 g/mol.